The molecule has 4 nitrogen and oxygen atoms in total. The van der Waals surface area contributed by atoms with Crippen LogP contribution in [0.1, 0.15) is 47.7 Å². The summed E-state index contributed by atoms with van der Waals surface area (Å²) in [5, 5.41) is 2.99. The second-order valence-corrected chi connectivity index (χ2v) is 7.87. The minimum Gasteiger partial charge on any atom is -0.487 e. The summed E-state index contributed by atoms with van der Waals surface area (Å²) >= 11 is 0. The van der Waals surface area contributed by atoms with Gasteiger partial charge in [0.1, 0.15) is 17.7 Å². The molecular formula is C23H24FNO3. The van der Waals surface area contributed by atoms with Gasteiger partial charge in [0.05, 0.1) is 6.54 Å². The first kappa shape index (κ1) is 18.7. The number of ketones is 1. The smallest absolute Gasteiger partial charge is 0.223 e. The third kappa shape index (κ3) is 3.53. The number of halogens is 1. The zero-order valence-corrected chi connectivity index (χ0v) is 16.2. The average Bonchev–Trinajstić information content (AvgIpc) is 3.00. The van der Waals surface area contributed by atoms with Crippen LogP contribution in [0.4, 0.5) is 4.39 Å². The molecule has 5 heteroatoms. The van der Waals surface area contributed by atoms with E-state index in [0.717, 1.165) is 30.4 Å². The number of benzene rings is 2. The molecular weight excluding hydrogens is 357 g/mol. The first-order valence-electron chi connectivity index (χ1n) is 9.81. The number of ether oxygens (including phenoxy) is 1. The summed E-state index contributed by atoms with van der Waals surface area (Å²) in [7, 11) is 0. The highest BCUT2D eigenvalue weighted by Crippen LogP contribution is 2.41. The number of carbonyl (C=O) groups excluding carboxylic acids is 2. The molecule has 1 aliphatic carbocycles. The molecule has 2 aromatic carbocycles. The molecule has 0 saturated heterocycles. The fraction of sp³-hybridized carbons (Fsp3) is 0.391. The fourth-order valence-corrected chi connectivity index (χ4v) is 3.89. The highest BCUT2D eigenvalue weighted by molar-refractivity contribution is 5.95. The largest absolute Gasteiger partial charge is 0.487 e. The third-order valence-corrected chi connectivity index (χ3v) is 5.69. The molecule has 1 amide bonds. The van der Waals surface area contributed by atoms with Gasteiger partial charge in [0.15, 0.2) is 5.78 Å². The van der Waals surface area contributed by atoms with Crippen LogP contribution in [-0.4, -0.2) is 24.3 Å². The van der Waals surface area contributed by atoms with E-state index in [1.165, 1.54) is 19.1 Å². The molecule has 0 radical (unpaired) electrons. The molecule has 0 bridgehead atoms. The highest BCUT2D eigenvalue weighted by atomic mass is 19.1. The van der Waals surface area contributed by atoms with Gasteiger partial charge in [0, 0.05) is 29.0 Å². The Bertz CT molecular complexity index is 949. The van der Waals surface area contributed by atoms with Crippen molar-refractivity contribution < 1.29 is 18.7 Å². The van der Waals surface area contributed by atoms with E-state index in [1.807, 2.05) is 19.1 Å². The van der Waals surface area contributed by atoms with Crippen LogP contribution in [0.3, 0.4) is 0 Å². The molecule has 1 heterocycles. The van der Waals surface area contributed by atoms with Gasteiger partial charge in [0.2, 0.25) is 5.91 Å². The maximum atomic E-state index is 14.6. The van der Waals surface area contributed by atoms with Crippen LogP contribution in [-0.2, 0) is 11.2 Å². The second-order valence-electron chi connectivity index (χ2n) is 7.87. The Kier molecular flexibility index (Phi) is 4.92. The van der Waals surface area contributed by atoms with Gasteiger partial charge in [-0.3, -0.25) is 9.59 Å². The standard InChI is InChI=1S/C23H24FNO3/c1-13-8-17-10-18(12-25-23(27)15-4-3-5-15)28-22(17)20(9-13)19-11-16(14(2)26)6-7-21(19)24/h6-9,11,15,18H,3-5,10,12H2,1-2H3,(H,25,27)/t18-/m1/s1. The third-order valence-electron chi connectivity index (χ3n) is 5.69. The molecule has 28 heavy (non-hydrogen) atoms. The quantitative estimate of drug-likeness (QED) is 0.789. The predicted molar refractivity (Wildman–Crippen MR) is 105 cm³/mol. The maximum absolute atomic E-state index is 14.6. The zero-order valence-electron chi connectivity index (χ0n) is 16.2. The minimum atomic E-state index is -0.386. The Hall–Kier alpha value is -2.69. The van der Waals surface area contributed by atoms with Gasteiger partial charge in [-0.15, -0.1) is 0 Å². The molecule has 1 atom stereocenters. The van der Waals surface area contributed by atoms with Gasteiger partial charge in [-0.25, -0.2) is 4.39 Å². The van der Waals surface area contributed by atoms with Crippen molar-refractivity contribution in [1.82, 2.24) is 5.32 Å². The van der Waals surface area contributed by atoms with E-state index < -0.39 is 0 Å². The molecule has 2 aromatic rings. The second kappa shape index (κ2) is 7.38. The highest BCUT2D eigenvalue weighted by Gasteiger charge is 2.30. The van der Waals surface area contributed by atoms with Gasteiger partial charge >= 0.3 is 0 Å². The van der Waals surface area contributed by atoms with Crippen molar-refractivity contribution in [2.45, 2.75) is 45.6 Å². The molecule has 0 unspecified atom stereocenters. The lowest BCUT2D eigenvalue weighted by molar-refractivity contribution is -0.127. The number of fused-ring (bicyclic) bond motifs is 1. The minimum absolute atomic E-state index is 0.0995. The SMILES string of the molecule is CC(=O)c1ccc(F)c(-c2cc(C)cc3c2O[C@@H](CNC(=O)C2CCC2)C3)c1. The number of Topliss-reactive ketones (excluding diaryl/α,β-unsaturated/α-hetero) is 1. The number of amides is 1. The molecule has 1 fully saturated rings. The van der Waals surface area contributed by atoms with Crippen LogP contribution in [0.25, 0.3) is 11.1 Å². The molecule has 0 aromatic heterocycles. The number of aryl methyl sites for hydroxylation is 1. The maximum Gasteiger partial charge on any atom is 0.223 e. The molecule has 1 aliphatic heterocycles. The molecule has 146 valence electrons. The Balaban J connectivity index is 1.59. The van der Waals surface area contributed by atoms with E-state index in [-0.39, 0.29) is 29.5 Å². The van der Waals surface area contributed by atoms with E-state index in [9.17, 15) is 14.0 Å². The average molecular weight is 381 g/mol. The van der Waals surface area contributed by atoms with Crippen LogP contribution in [0, 0.1) is 18.7 Å². The summed E-state index contributed by atoms with van der Waals surface area (Å²) < 4.78 is 20.7. The number of rotatable bonds is 5. The first-order chi connectivity index (χ1) is 13.4. The van der Waals surface area contributed by atoms with Gasteiger partial charge in [-0.1, -0.05) is 12.5 Å². The summed E-state index contributed by atoms with van der Waals surface area (Å²) in [6.07, 6.45) is 3.55. The van der Waals surface area contributed by atoms with Crippen molar-refractivity contribution in [2.24, 2.45) is 5.92 Å². The summed E-state index contributed by atoms with van der Waals surface area (Å²) in [6, 6.07) is 8.33. The van der Waals surface area contributed by atoms with Crippen LogP contribution in [0.2, 0.25) is 0 Å². The van der Waals surface area contributed by atoms with Gasteiger partial charge in [-0.05, 0) is 62.1 Å². The zero-order chi connectivity index (χ0) is 19.8. The summed E-state index contributed by atoms with van der Waals surface area (Å²) in [5.74, 6) is 0.395. The molecule has 4 rings (SSSR count). The lowest BCUT2D eigenvalue weighted by Gasteiger charge is -2.24. The lowest BCUT2D eigenvalue weighted by Crippen LogP contribution is -2.40. The summed E-state index contributed by atoms with van der Waals surface area (Å²) in [6.45, 7) is 3.87. The molecule has 1 N–H and O–H groups in total. The van der Waals surface area contributed by atoms with Crippen molar-refractivity contribution in [3.8, 4) is 16.9 Å². The van der Waals surface area contributed by atoms with Crippen LogP contribution < -0.4 is 10.1 Å². The number of nitrogens with one attached hydrogen (secondary N) is 1. The fourth-order valence-electron chi connectivity index (χ4n) is 3.89. The summed E-state index contributed by atoms with van der Waals surface area (Å²) in [5.41, 5.74) is 3.50. The van der Waals surface area contributed by atoms with Crippen molar-refractivity contribution in [3.63, 3.8) is 0 Å². The van der Waals surface area contributed by atoms with Gasteiger partial charge in [0.25, 0.3) is 0 Å². The number of hydrogen-bond acceptors (Lipinski definition) is 3. The Morgan fingerprint density at radius 2 is 1.96 bits per heavy atom. The van der Waals surface area contributed by atoms with Crippen molar-refractivity contribution >= 4 is 11.7 Å². The van der Waals surface area contributed by atoms with Crippen LogP contribution in [0.5, 0.6) is 5.75 Å². The van der Waals surface area contributed by atoms with E-state index in [4.69, 9.17) is 4.74 Å². The summed E-state index contributed by atoms with van der Waals surface area (Å²) in [4.78, 5) is 23.8. The topological polar surface area (TPSA) is 55.4 Å². The van der Waals surface area contributed by atoms with Crippen LogP contribution >= 0.6 is 0 Å². The van der Waals surface area contributed by atoms with Gasteiger partial charge in [-0.2, -0.15) is 0 Å². The van der Waals surface area contributed by atoms with Crippen LogP contribution in [0.15, 0.2) is 30.3 Å². The van der Waals surface area contributed by atoms with E-state index in [1.54, 1.807) is 6.07 Å². The van der Waals surface area contributed by atoms with E-state index in [2.05, 4.69) is 5.32 Å². The molecule has 1 saturated carbocycles. The van der Waals surface area contributed by atoms with Crippen molar-refractivity contribution in [3.05, 3.63) is 52.8 Å². The Morgan fingerprint density at radius 3 is 2.64 bits per heavy atom. The number of hydrogen-bond donors (Lipinski definition) is 1. The van der Waals surface area contributed by atoms with Crippen molar-refractivity contribution in [1.29, 1.82) is 0 Å². The lowest BCUT2D eigenvalue weighted by atomic mass is 9.85. The normalized spacial score (nSPS) is 18.2. The van der Waals surface area contributed by atoms with Crippen molar-refractivity contribution in [2.75, 3.05) is 6.54 Å². The van der Waals surface area contributed by atoms with Gasteiger partial charge < -0.3 is 10.1 Å². The molecule has 0 spiro atoms. The Morgan fingerprint density at radius 1 is 1.18 bits per heavy atom. The predicted octanol–water partition coefficient (Wildman–Crippen LogP) is 4.22. The number of carbonyl (C=O) groups is 2. The van der Waals surface area contributed by atoms with E-state index >= 15 is 0 Å². The van der Waals surface area contributed by atoms with E-state index in [0.29, 0.717) is 35.4 Å². The monoisotopic (exact) mass is 381 g/mol. The first-order valence-corrected chi connectivity index (χ1v) is 9.81. The Labute approximate surface area is 164 Å². The molecule has 2 aliphatic rings.